The summed E-state index contributed by atoms with van der Waals surface area (Å²) >= 11 is 0. The maximum absolute atomic E-state index is 5.96. The zero-order valence-electron chi connectivity index (χ0n) is 11.9. The number of benzene rings is 1. The quantitative estimate of drug-likeness (QED) is 0.878. The van der Waals surface area contributed by atoms with Crippen LogP contribution in [0.2, 0.25) is 0 Å². The second-order valence-electron chi connectivity index (χ2n) is 4.65. The minimum absolute atomic E-state index is 0.0747. The average molecular weight is 272 g/mol. The maximum Gasteiger partial charge on any atom is 0.127 e. The van der Waals surface area contributed by atoms with Crippen molar-refractivity contribution < 1.29 is 9.47 Å². The first kappa shape index (κ1) is 14.3. The van der Waals surface area contributed by atoms with Crippen LogP contribution in [0, 0.1) is 0 Å². The van der Waals surface area contributed by atoms with Gasteiger partial charge >= 0.3 is 0 Å². The highest BCUT2D eigenvalue weighted by molar-refractivity contribution is 5.42. The summed E-state index contributed by atoms with van der Waals surface area (Å²) in [5.41, 5.74) is 8.09. The molecule has 0 fully saturated rings. The number of hydrogen-bond donors (Lipinski definition) is 1. The van der Waals surface area contributed by atoms with Crippen LogP contribution >= 0.6 is 0 Å². The summed E-state index contributed by atoms with van der Waals surface area (Å²) < 4.78 is 11.1. The summed E-state index contributed by atoms with van der Waals surface area (Å²) in [5, 5.41) is 0. The fraction of sp³-hybridized carbons (Fsp3) is 0.312. The number of rotatable bonds is 6. The molecule has 4 nitrogen and oxygen atoms in total. The lowest BCUT2D eigenvalue weighted by Gasteiger charge is -2.15. The Morgan fingerprint density at radius 2 is 2.15 bits per heavy atom. The molecule has 106 valence electrons. The van der Waals surface area contributed by atoms with Gasteiger partial charge < -0.3 is 15.2 Å². The molecule has 0 saturated heterocycles. The van der Waals surface area contributed by atoms with E-state index in [1.165, 1.54) is 0 Å². The lowest BCUT2D eigenvalue weighted by atomic mass is 10.1. The van der Waals surface area contributed by atoms with Crippen molar-refractivity contribution in [3.63, 3.8) is 0 Å². The van der Waals surface area contributed by atoms with Gasteiger partial charge in [0.25, 0.3) is 0 Å². The van der Waals surface area contributed by atoms with Gasteiger partial charge in [-0.15, -0.1) is 0 Å². The molecule has 1 unspecified atom stereocenters. The van der Waals surface area contributed by atoms with Crippen molar-refractivity contribution in [1.82, 2.24) is 4.98 Å². The lowest BCUT2D eigenvalue weighted by molar-refractivity contribution is 0.314. The van der Waals surface area contributed by atoms with Crippen molar-refractivity contribution in [1.29, 1.82) is 0 Å². The van der Waals surface area contributed by atoms with Crippen molar-refractivity contribution >= 4 is 0 Å². The Balaban J connectivity index is 2.04. The number of nitrogens with two attached hydrogens (primary N) is 1. The van der Waals surface area contributed by atoms with Gasteiger partial charge in [0.1, 0.15) is 11.5 Å². The van der Waals surface area contributed by atoms with Crippen LogP contribution in [0.3, 0.4) is 0 Å². The van der Waals surface area contributed by atoms with Crippen LogP contribution in [0.4, 0.5) is 0 Å². The van der Waals surface area contributed by atoms with E-state index in [4.69, 9.17) is 15.2 Å². The summed E-state index contributed by atoms with van der Waals surface area (Å²) in [5.74, 6) is 1.55. The Bertz CT molecular complexity index is 541. The smallest absolute Gasteiger partial charge is 0.127 e. The van der Waals surface area contributed by atoms with Crippen LogP contribution in [0.15, 0.2) is 42.7 Å². The van der Waals surface area contributed by atoms with Crippen LogP contribution in [-0.2, 0) is 6.42 Å². The molecule has 0 spiro atoms. The molecule has 2 rings (SSSR count). The van der Waals surface area contributed by atoms with E-state index in [1.54, 1.807) is 13.3 Å². The molecule has 2 N–H and O–H groups in total. The van der Waals surface area contributed by atoms with E-state index in [0.717, 1.165) is 29.0 Å². The zero-order valence-corrected chi connectivity index (χ0v) is 11.9. The van der Waals surface area contributed by atoms with Gasteiger partial charge in [0.15, 0.2) is 0 Å². The molecule has 0 aliphatic rings. The van der Waals surface area contributed by atoms with Crippen molar-refractivity contribution in [2.24, 2.45) is 5.73 Å². The third-order valence-electron chi connectivity index (χ3n) is 3.08. The third kappa shape index (κ3) is 3.71. The minimum Gasteiger partial charge on any atom is -0.497 e. The number of nitrogens with zero attached hydrogens (tertiary/aromatic N) is 1. The van der Waals surface area contributed by atoms with Gasteiger partial charge in [0.2, 0.25) is 0 Å². The maximum atomic E-state index is 5.96. The monoisotopic (exact) mass is 272 g/mol. The van der Waals surface area contributed by atoms with Gasteiger partial charge in [-0.05, 0) is 24.6 Å². The van der Waals surface area contributed by atoms with Gasteiger partial charge in [-0.25, -0.2) is 0 Å². The summed E-state index contributed by atoms with van der Waals surface area (Å²) in [7, 11) is 1.64. The fourth-order valence-electron chi connectivity index (χ4n) is 1.97. The molecule has 0 amide bonds. The van der Waals surface area contributed by atoms with E-state index in [-0.39, 0.29) is 6.04 Å². The fourth-order valence-corrected chi connectivity index (χ4v) is 1.97. The van der Waals surface area contributed by atoms with Gasteiger partial charge in [0, 0.05) is 36.5 Å². The first-order valence-corrected chi connectivity index (χ1v) is 6.66. The Hall–Kier alpha value is -2.07. The Morgan fingerprint density at radius 1 is 1.30 bits per heavy atom. The van der Waals surface area contributed by atoms with Crippen LogP contribution in [0.1, 0.15) is 24.1 Å². The standard InChI is InChI=1S/C16H20N2O2/c1-12(17)15-6-5-14(19-2)10-16(15)20-9-7-13-4-3-8-18-11-13/h3-6,8,10-12H,7,9,17H2,1-2H3. The molecular formula is C16H20N2O2. The molecule has 0 aliphatic carbocycles. The van der Waals surface area contributed by atoms with E-state index in [0.29, 0.717) is 6.61 Å². The average Bonchev–Trinajstić information content (AvgIpc) is 2.48. The van der Waals surface area contributed by atoms with Crippen LogP contribution in [0.25, 0.3) is 0 Å². The molecule has 0 bridgehead atoms. The second-order valence-corrected chi connectivity index (χ2v) is 4.65. The molecule has 1 aromatic carbocycles. The molecule has 1 atom stereocenters. The molecule has 0 aliphatic heterocycles. The normalized spacial score (nSPS) is 11.9. The molecule has 4 heteroatoms. The Morgan fingerprint density at radius 3 is 2.80 bits per heavy atom. The molecular weight excluding hydrogens is 252 g/mol. The molecule has 0 radical (unpaired) electrons. The predicted octanol–water partition coefficient (Wildman–Crippen LogP) is 2.73. The van der Waals surface area contributed by atoms with Crippen LogP contribution < -0.4 is 15.2 Å². The molecule has 20 heavy (non-hydrogen) atoms. The van der Waals surface area contributed by atoms with Gasteiger partial charge in [-0.2, -0.15) is 0 Å². The number of ether oxygens (including phenoxy) is 2. The highest BCUT2D eigenvalue weighted by Crippen LogP contribution is 2.28. The van der Waals surface area contributed by atoms with E-state index in [1.807, 2.05) is 43.5 Å². The molecule has 0 saturated carbocycles. The number of methoxy groups -OCH3 is 1. The highest BCUT2D eigenvalue weighted by atomic mass is 16.5. The minimum atomic E-state index is -0.0747. The third-order valence-corrected chi connectivity index (χ3v) is 3.08. The Labute approximate surface area is 119 Å². The van der Waals surface area contributed by atoms with Crippen molar-refractivity contribution in [3.05, 3.63) is 53.9 Å². The van der Waals surface area contributed by atoms with Crippen molar-refractivity contribution in [2.75, 3.05) is 13.7 Å². The zero-order chi connectivity index (χ0) is 14.4. The van der Waals surface area contributed by atoms with E-state index in [9.17, 15) is 0 Å². The first-order chi connectivity index (χ1) is 9.70. The summed E-state index contributed by atoms with van der Waals surface area (Å²) in [6.45, 7) is 2.52. The van der Waals surface area contributed by atoms with E-state index < -0.39 is 0 Å². The molecule has 1 heterocycles. The number of hydrogen-bond acceptors (Lipinski definition) is 4. The molecule has 1 aromatic heterocycles. The van der Waals surface area contributed by atoms with Crippen molar-refractivity contribution in [3.8, 4) is 11.5 Å². The SMILES string of the molecule is COc1ccc(C(C)N)c(OCCc2cccnc2)c1. The van der Waals surface area contributed by atoms with E-state index >= 15 is 0 Å². The topological polar surface area (TPSA) is 57.4 Å². The Kier molecular flexibility index (Phi) is 4.96. The van der Waals surface area contributed by atoms with Crippen LogP contribution in [0.5, 0.6) is 11.5 Å². The lowest BCUT2D eigenvalue weighted by Crippen LogP contribution is -2.10. The highest BCUT2D eigenvalue weighted by Gasteiger charge is 2.09. The van der Waals surface area contributed by atoms with Gasteiger partial charge in [-0.1, -0.05) is 12.1 Å². The van der Waals surface area contributed by atoms with E-state index in [2.05, 4.69) is 4.98 Å². The second kappa shape index (κ2) is 6.91. The summed E-state index contributed by atoms with van der Waals surface area (Å²) in [6.07, 6.45) is 4.42. The number of aromatic nitrogens is 1. The molecule has 2 aromatic rings. The summed E-state index contributed by atoms with van der Waals surface area (Å²) in [6, 6.07) is 9.61. The first-order valence-electron chi connectivity index (χ1n) is 6.66. The van der Waals surface area contributed by atoms with Gasteiger partial charge in [0.05, 0.1) is 13.7 Å². The predicted molar refractivity (Wildman–Crippen MR) is 79.0 cm³/mol. The van der Waals surface area contributed by atoms with Crippen LogP contribution in [-0.4, -0.2) is 18.7 Å². The van der Waals surface area contributed by atoms with Gasteiger partial charge in [-0.3, -0.25) is 4.98 Å². The summed E-state index contributed by atoms with van der Waals surface area (Å²) in [4.78, 5) is 4.09. The number of pyridine rings is 1. The van der Waals surface area contributed by atoms with Crippen molar-refractivity contribution in [2.45, 2.75) is 19.4 Å². The largest absolute Gasteiger partial charge is 0.497 e.